The van der Waals surface area contributed by atoms with Gasteiger partial charge in [0.2, 0.25) is 0 Å². The number of piperazine rings is 1. The molecule has 0 unspecified atom stereocenters. The zero-order valence-corrected chi connectivity index (χ0v) is 16.8. The number of carbonyl (C=O) groups excluding carboxylic acids is 1. The van der Waals surface area contributed by atoms with Crippen molar-refractivity contribution in [1.29, 1.82) is 0 Å². The van der Waals surface area contributed by atoms with Gasteiger partial charge in [-0.1, -0.05) is 41.1 Å². The highest BCUT2D eigenvalue weighted by Crippen LogP contribution is 2.33. The molecular weight excluding hydrogens is 399 g/mol. The molecule has 0 atom stereocenters. The van der Waals surface area contributed by atoms with Crippen LogP contribution in [0.1, 0.15) is 10.4 Å². The Morgan fingerprint density at radius 2 is 1.93 bits per heavy atom. The third-order valence-electron chi connectivity index (χ3n) is 4.83. The van der Waals surface area contributed by atoms with Crippen molar-refractivity contribution in [2.24, 2.45) is 0 Å². The van der Waals surface area contributed by atoms with Crippen molar-refractivity contribution < 1.29 is 9.18 Å². The fraction of sp³-hybridized carbons (Fsp3) is 0.300. The van der Waals surface area contributed by atoms with Crippen LogP contribution in [0.4, 0.5) is 9.52 Å². The number of amides is 1. The summed E-state index contributed by atoms with van der Waals surface area (Å²) in [4.78, 5) is 21.3. The Hall–Kier alpha value is -2.22. The minimum atomic E-state index is -0.496. The highest BCUT2D eigenvalue weighted by molar-refractivity contribution is 7.22. The molecule has 8 heteroatoms. The molecule has 1 saturated heterocycles. The maximum atomic E-state index is 13.6. The lowest BCUT2D eigenvalue weighted by Crippen LogP contribution is -2.48. The molecular formula is C20H20ClFN4OS. The van der Waals surface area contributed by atoms with Gasteiger partial charge in [0.05, 0.1) is 15.3 Å². The fourth-order valence-corrected chi connectivity index (χ4v) is 4.59. The van der Waals surface area contributed by atoms with Crippen molar-refractivity contribution in [3.05, 3.63) is 58.9 Å². The van der Waals surface area contributed by atoms with Crippen LogP contribution in [0.3, 0.4) is 0 Å². The summed E-state index contributed by atoms with van der Waals surface area (Å²) in [5.41, 5.74) is 0.948. The smallest absolute Gasteiger partial charge is 0.254 e. The number of hydrogen-bond donors (Lipinski definition) is 1. The summed E-state index contributed by atoms with van der Waals surface area (Å²) in [7, 11) is 0. The van der Waals surface area contributed by atoms with Crippen molar-refractivity contribution in [3.63, 3.8) is 0 Å². The fourth-order valence-electron chi connectivity index (χ4n) is 3.27. The lowest BCUT2D eigenvalue weighted by molar-refractivity contribution is 0.0944. The van der Waals surface area contributed by atoms with Gasteiger partial charge in [-0.2, -0.15) is 0 Å². The molecule has 2 heterocycles. The minimum Gasteiger partial charge on any atom is -0.351 e. The van der Waals surface area contributed by atoms with Crippen LogP contribution in [-0.4, -0.2) is 55.1 Å². The molecule has 1 amide bonds. The van der Waals surface area contributed by atoms with Gasteiger partial charge in [-0.15, -0.1) is 0 Å². The van der Waals surface area contributed by atoms with Crippen LogP contribution < -0.4 is 10.2 Å². The number of fused-ring (bicyclic) bond motifs is 1. The first-order valence-electron chi connectivity index (χ1n) is 9.17. The lowest BCUT2D eigenvalue weighted by Gasteiger charge is -2.34. The van der Waals surface area contributed by atoms with Crippen molar-refractivity contribution in [2.45, 2.75) is 0 Å². The topological polar surface area (TPSA) is 48.5 Å². The Labute approximate surface area is 171 Å². The van der Waals surface area contributed by atoms with Crippen LogP contribution in [0, 0.1) is 5.82 Å². The summed E-state index contributed by atoms with van der Waals surface area (Å²) in [5, 5.41) is 4.48. The molecule has 0 spiro atoms. The predicted octanol–water partition coefficient (Wildman–Crippen LogP) is 3.64. The SMILES string of the molecule is O=C(NCCN1CCN(c2nc3c(Cl)cccc3s2)CC1)c1ccccc1F. The van der Waals surface area contributed by atoms with Crippen LogP contribution >= 0.6 is 22.9 Å². The number of aromatic nitrogens is 1. The maximum Gasteiger partial charge on any atom is 0.254 e. The number of benzene rings is 2. The number of carbonyl (C=O) groups is 1. The van der Waals surface area contributed by atoms with Crippen LogP contribution in [0.15, 0.2) is 42.5 Å². The van der Waals surface area contributed by atoms with Crippen LogP contribution in [-0.2, 0) is 0 Å². The Kier molecular flexibility index (Phi) is 5.75. The van der Waals surface area contributed by atoms with Gasteiger partial charge in [0.1, 0.15) is 11.3 Å². The molecule has 0 bridgehead atoms. The molecule has 1 fully saturated rings. The molecule has 1 aliphatic heterocycles. The average molecular weight is 419 g/mol. The number of rotatable bonds is 5. The Bertz CT molecular complexity index is 987. The number of halogens is 2. The molecule has 0 aliphatic carbocycles. The van der Waals surface area contributed by atoms with Gasteiger partial charge in [0.25, 0.3) is 5.91 Å². The first kappa shape index (κ1) is 19.1. The molecule has 0 saturated carbocycles. The summed E-state index contributed by atoms with van der Waals surface area (Å²) < 4.78 is 14.7. The number of anilines is 1. The number of thiazole rings is 1. The number of nitrogens with one attached hydrogen (secondary N) is 1. The van der Waals surface area contributed by atoms with Gasteiger partial charge in [0.15, 0.2) is 5.13 Å². The average Bonchev–Trinajstić information content (AvgIpc) is 3.14. The van der Waals surface area contributed by atoms with E-state index < -0.39 is 5.82 Å². The van der Waals surface area contributed by atoms with E-state index in [1.54, 1.807) is 23.5 Å². The molecule has 0 radical (unpaired) electrons. The van der Waals surface area contributed by atoms with Crippen LogP contribution in [0.5, 0.6) is 0 Å². The molecule has 3 aromatic rings. The van der Waals surface area contributed by atoms with Gasteiger partial charge < -0.3 is 10.2 Å². The molecule has 4 rings (SSSR count). The van der Waals surface area contributed by atoms with Crippen molar-refractivity contribution >= 4 is 44.2 Å². The second-order valence-corrected chi connectivity index (χ2v) is 8.06. The zero-order valence-electron chi connectivity index (χ0n) is 15.2. The number of para-hydroxylation sites is 1. The summed E-state index contributed by atoms with van der Waals surface area (Å²) in [6, 6.07) is 11.9. The summed E-state index contributed by atoms with van der Waals surface area (Å²) in [6.07, 6.45) is 0. The molecule has 1 N–H and O–H groups in total. The molecule has 146 valence electrons. The third kappa shape index (κ3) is 4.11. The largest absolute Gasteiger partial charge is 0.351 e. The van der Waals surface area contributed by atoms with Gasteiger partial charge in [0, 0.05) is 39.3 Å². The summed E-state index contributed by atoms with van der Waals surface area (Å²) >= 11 is 7.89. The van der Waals surface area contributed by atoms with Gasteiger partial charge in [-0.05, 0) is 24.3 Å². The van der Waals surface area contributed by atoms with Gasteiger partial charge in [-0.3, -0.25) is 9.69 Å². The van der Waals surface area contributed by atoms with E-state index in [1.165, 1.54) is 12.1 Å². The second kappa shape index (κ2) is 8.43. The van der Waals surface area contributed by atoms with Crippen LogP contribution in [0.25, 0.3) is 10.2 Å². The highest BCUT2D eigenvalue weighted by atomic mass is 35.5. The van der Waals surface area contributed by atoms with Crippen molar-refractivity contribution in [2.75, 3.05) is 44.2 Å². The first-order chi connectivity index (χ1) is 13.6. The predicted molar refractivity (Wildman–Crippen MR) is 112 cm³/mol. The number of nitrogens with zero attached hydrogens (tertiary/aromatic N) is 3. The molecule has 1 aliphatic rings. The van der Waals surface area contributed by atoms with Crippen molar-refractivity contribution in [3.8, 4) is 0 Å². The molecule has 2 aromatic carbocycles. The summed E-state index contributed by atoms with van der Waals surface area (Å²) in [5.74, 6) is -0.868. The number of hydrogen-bond acceptors (Lipinski definition) is 5. The third-order valence-corrected chi connectivity index (χ3v) is 6.22. The standard InChI is InChI=1S/C20H20ClFN4OS/c21-15-5-3-7-17-18(15)24-20(28-17)26-12-10-25(11-13-26)9-8-23-19(27)14-4-1-2-6-16(14)22/h1-7H,8-13H2,(H,23,27). The Balaban J connectivity index is 1.27. The lowest BCUT2D eigenvalue weighted by atomic mass is 10.2. The molecule has 1 aromatic heterocycles. The quantitative estimate of drug-likeness (QED) is 0.687. The van der Waals surface area contributed by atoms with Crippen LogP contribution in [0.2, 0.25) is 5.02 Å². The Morgan fingerprint density at radius 3 is 2.68 bits per heavy atom. The zero-order chi connectivity index (χ0) is 19.5. The Morgan fingerprint density at radius 1 is 1.14 bits per heavy atom. The van der Waals surface area contributed by atoms with E-state index in [2.05, 4.69) is 20.1 Å². The van der Waals surface area contributed by atoms with E-state index >= 15 is 0 Å². The van der Waals surface area contributed by atoms with E-state index in [1.807, 2.05) is 18.2 Å². The minimum absolute atomic E-state index is 0.0850. The molecule has 28 heavy (non-hydrogen) atoms. The van der Waals surface area contributed by atoms with Gasteiger partial charge in [-0.25, -0.2) is 9.37 Å². The van der Waals surface area contributed by atoms with E-state index in [9.17, 15) is 9.18 Å². The van der Waals surface area contributed by atoms with E-state index in [4.69, 9.17) is 11.6 Å². The molecule has 5 nitrogen and oxygen atoms in total. The summed E-state index contributed by atoms with van der Waals surface area (Å²) in [6.45, 7) is 4.75. The monoisotopic (exact) mass is 418 g/mol. The van der Waals surface area contributed by atoms with Crippen molar-refractivity contribution in [1.82, 2.24) is 15.2 Å². The van der Waals surface area contributed by atoms with E-state index in [0.717, 1.165) is 48.1 Å². The normalized spacial score (nSPS) is 15.1. The van der Waals surface area contributed by atoms with E-state index in [0.29, 0.717) is 11.6 Å². The second-order valence-electron chi connectivity index (χ2n) is 6.65. The van der Waals surface area contributed by atoms with Gasteiger partial charge >= 0.3 is 0 Å². The first-order valence-corrected chi connectivity index (χ1v) is 10.4. The maximum absolute atomic E-state index is 13.6. The van der Waals surface area contributed by atoms with E-state index in [-0.39, 0.29) is 11.5 Å². The highest BCUT2D eigenvalue weighted by Gasteiger charge is 2.20.